The van der Waals surface area contributed by atoms with E-state index in [9.17, 15) is 0 Å². The molecule has 1 saturated carbocycles. The molecule has 1 rings (SSSR count). The molecule has 17 heavy (non-hydrogen) atoms. The average Bonchev–Trinajstić information content (AvgIpc) is 3.15. The van der Waals surface area contributed by atoms with Crippen LogP contribution in [0, 0.1) is 12.3 Å². The fourth-order valence-corrected chi connectivity index (χ4v) is 1.67. The molecular formula is C13H24N4. The summed E-state index contributed by atoms with van der Waals surface area (Å²) in [5.41, 5.74) is 0. The van der Waals surface area contributed by atoms with E-state index in [1.165, 1.54) is 12.8 Å². The Bertz CT molecular complexity index is 288. The SMILES string of the molecule is C#CCNC(=NCC(C)N(C)C1CC1)NCC. The molecule has 1 aliphatic rings. The Morgan fingerprint density at radius 3 is 2.76 bits per heavy atom. The standard InChI is InChI=1S/C13H24N4/c1-5-9-15-13(14-6-2)16-10-11(3)17(4)12-7-8-12/h1,11-12H,6-10H2,2-4H3,(H2,14,15,16). The van der Waals surface area contributed by atoms with Gasteiger partial charge >= 0.3 is 0 Å². The monoisotopic (exact) mass is 236 g/mol. The molecule has 0 aromatic carbocycles. The minimum atomic E-state index is 0.476. The van der Waals surface area contributed by atoms with Crippen molar-refractivity contribution in [2.75, 3.05) is 26.7 Å². The maximum Gasteiger partial charge on any atom is 0.192 e. The number of nitrogens with one attached hydrogen (secondary N) is 2. The van der Waals surface area contributed by atoms with Gasteiger partial charge in [0, 0.05) is 18.6 Å². The third-order valence-electron chi connectivity index (χ3n) is 3.03. The predicted molar refractivity (Wildman–Crippen MR) is 73.1 cm³/mol. The summed E-state index contributed by atoms with van der Waals surface area (Å²) in [5, 5.41) is 6.28. The lowest BCUT2D eigenvalue weighted by Crippen LogP contribution is -2.39. The van der Waals surface area contributed by atoms with Gasteiger partial charge in [-0.25, -0.2) is 0 Å². The van der Waals surface area contributed by atoms with Gasteiger partial charge < -0.3 is 10.6 Å². The Morgan fingerprint density at radius 2 is 2.24 bits per heavy atom. The molecule has 0 aliphatic heterocycles. The Labute approximate surface area is 105 Å². The van der Waals surface area contributed by atoms with Crippen molar-refractivity contribution in [1.82, 2.24) is 15.5 Å². The molecule has 1 unspecified atom stereocenters. The van der Waals surface area contributed by atoms with Crippen LogP contribution in [0.25, 0.3) is 0 Å². The summed E-state index contributed by atoms with van der Waals surface area (Å²) in [6.45, 7) is 6.42. The minimum absolute atomic E-state index is 0.476. The van der Waals surface area contributed by atoms with E-state index in [2.05, 4.69) is 40.4 Å². The van der Waals surface area contributed by atoms with Gasteiger partial charge in [0.15, 0.2) is 5.96 Å². The Morgan fingerprint density at radius 1 is 1.53 bits per heavy atom. The molecule has 1 fully saturated rings. The van der Waals surface area contributed by atoms with Crippen LogP contribution < -0.4 is 10.6 Å². The molecule has 4 heteroatoms. The first-order chi connectivity index (χ1) is 8.19. The van der Waals surface area contributed by atoms with E-state index >= 15 is 0 Å². The van der Waals surface area contributed by atoms with Gasteiger partial charge in [-0.15, -0.1) is 6.42 Å². The van der Waals surface area contributed by atoms with Crippen molar-refractivity contribution in [3.63, 3.8) is 0 Å². The molecule has 96 valence electrons. The molecule has 0 radical (unpaired) electrons. The number of nitrogens with zero attached hydrogens (tertiary/aromatic N) is 2. The van der Waals surface area contributed by atoms with Crippen LogP contribution in [0.1, 0.15) is 26.7 Å². The Hall–Kier alpha value is -1.21. The molecule has 0 aromatic rings. The van der Waals surface area contributed by atoms with Crippen molar-refractivity contribution in [3.05, 3.63) is 0 Å². The molecular weight excluding hydrogens is 212 g/mol. The highest BCUT2D eigenvalue weighted by molar-refractivity contribution is 5.79. The second-order valence-electron chi connectivity index (χ2n) is 4.52. The molecule has 0 aromatic heterocycles. The molecule has 0 bridgehead atoms. The fraction of sp³-hybridized carbons (Fsp3) is 0.769. The molecule has 4 nitrogen and oxygen atoms in total. The third kappa shape index (κ3) is 5.10. The van der Waals surface area contributed by atoms with Crippen LogP contribution in [0.5, 0.6) is 0 Å². The van der Waals surface area contributed by atoms with Crippen molar-refractivity contribution in [2.45, 2.75) is 38.8 Å². The summed E-state index contributed by atoms with van der Waals surface area (Å²) in [6, 6.07) is 1.25. The van der Waals surface area contributed by atoms with Gasteiger partial charge in [0.25, 0.3) is 0 Å². The Balaban J connectivity index is 2.37. The van der Waals surface area contributed by atoms with Crippen LogP contribution in [0.15, 0.2) is 4.99 Å². The van der Waals surface area contributed by atoms with E-state index in [1.807, 2.05) is 6.92 Å². The number of hydrogen-bond acceptors (Lipinski definition) is 2. The van der Waals surface area contributed by atoms with Crippen LogP contribution in [-0.2, 0) is 0 Å². The molecule has 1 atom stereocenters. The van der Waals surface area contributed by atoms with Gasteiger partial charge in [-0.3, -0.25) is 9.89 Å². The number of likely N-dealkylation sites (N-methyl/N-ethyl adjacent to an activating group) is 1. The number of aliphatic imine (C=N–C) groups is 1. The van der Waals surface area contributed by atoms with E-state index in [0.29, 0.717) is 12.6 Å². The van der Waals surface area contributed by atoms with Gasteiger partial charge in [0.05, 0.1) is 13.1 Å². The average molecular weight is 236 g/mol. The van der Waals surface area contributed by atoms with E-state index in [0.717, 1.165) is 25.1 Å². The fourth-order valence-electron chi connectivity index (χ4n) is 1.67. The van der Waals surface area contributed by atoms with Gasteiger partial charge in [-0.1, -0.05) is 5.92 Å². The highest BCUT2D eigenvalue weighted by Crippen LogP contribution is 2.26. The summed E-state index contributed by atoms with van der Waals surface area (Å²) < 4.78 is 0. The van der Waals surface area contributed by atoms with E-state index in [4.69, 9.17) is 6.42 Å². The maximum absolute atomic E-state index is 5.22. The van der Waals surface area contributed by atoms with Gasteiger partial charge in [-0.2, -0.15) is 0 Å². The molecule has 0 spiro atoms. The lowest BCUT2D eigenvalue weighted by Gasteiger charge is -2.23. The first-order valence-corrected chi connectivity index (χ1v) is 6.36. The first-order valence-electron chi connectivity index (χ1n) is 6.36. The van der Waals surface area contributed by atoms with Crippen LogP contribution >= 0.6 is 0 Å². The zero-order valence-corrected chi connectivity index (χ0v) is 11.2. The highest BCUT2D eigenvalue weighted by Gasteiger charge is 2.28. The van der Waals surface area contributed by atoms with Crippen molar-refractivity contribution in [3.8, 4) is 12.3 Å². The van der Waals surface area contributed by atoms with Crippen LogP contribution in [-0.4, -0.2) is 49.6 Å². The summed E-state index contributed by atoms with van der Waals surface area (Å²) in [6.07, 6.45) is 7.89. The van der Waals surface area contributed by atoms with Gasteiger partial charge in [0.1, 0.15) is 0 Å². The van der Waals surface area contributed by atoms with E-state index in [-0.39, 0.29) is 0 Å². The highest BCUT2D eigenvalue weighted by atomic mass is 15.2. The van der Waals surface area contributed by atoms with Crippen LogP contribution in [0.2, 0.25) is 0 Å². The van der Waals surface area contributed by atoms with Crippen molar-refractivity contribution < 1.29 is 0 Å². The number of hydrogen-bond donors (Lipinski definition) is 2. The molecule has 1 aliphatic carbocycles. The second-order valence-corrected chi connectivity index (χ2v) is 4.52. The van der Waals surface area contributed by atoms with Gasteiger partial charge in [-0.05, 0) is 33.7 Å². The number of guanidine groups is 1. The molecule has 0 saturated heterocycles. The predicted octanol–water partition coefficient (Wildman–Crippen LogP) is 0.657. The van der Waals surface area contributed by atoms with Crippen molar-refractivity contribution in [1.29, 1.82) is 0 Å². The van der Waals surface area contributed by atoms with Crippen LogP contribution in [0.4, 0.5) is 0 Å². The minimum Gasteiger partial charge on any atom is -0.357 e. The van der Waals surface area contributed by atoms with Gasteiger partial charge in [0.2, 0.25) is 0 Å². The summed E-state index contributed by atoms with van der Waals surface area (Å²) in [7, 11) is 2.18. The zero-order chi connectivity index (χ0) is 12.7. The summed E-state index contributed by atoms with van der Waals surface area (Å²) in [5.74, 6) is 3.36. The van der Waals surface area contributed by atoms with E-state index in [1.54, 1.807) is 0 Å². The summed E-state index contributed by atoms with van der Waals surface area (Å²) in [4.78, 5) is 6.95. The zero-order valence-electron chi connectivity index (χ0n) is 11.2. The Kier molecular flexibility index (Phi) is 5.85. The lowest BCUT2D eigenvalue weighted by atomic mass is 10.3. The topological polar surface area (TPSA) is 39.7 Å². The molecule has 2 N–H and O–H groups in total. The molecule has 0 heterocycles. The normalized spacial score (nSPS) is 17.7. The lowest BCUT2D eigenvalue weighted by molar-refractivity contribution is 0.253. The quantitative estimate of drug-likeness (QED) is 0.404. The van der Waals surface area contributed by atoms with E-state index < -0.39 is 0 Å². The van der Waals surface area contributed by atoms with Crippen molar-refractivity contribution in [2.24, 2.45) is 4.99 Å². The largest absolute Gasteiger partial charge is 0.357 e. The first kappa shape index (κ1) is 13.9. The number of terminal acetylenes is 1. The smallest absolute Gasteiger partial charge is 0.192 e. The summed E-state index contributed by atoms with van der Waals surface area (Å²) >= 11 is 0. The number of rotatable bonds is 6. The third-order valence-corrected chi connectivity index (χ3v) is 3.03. The maximum atomic E-state index is 5.22. The second kappa shape index (κ2) is 7.18. The van der Waals surface area contributed by atoms with Crippen molar-refractivity contribution >= 4 is 5.96 Å². The van der Waals surface area contributed by atoms with Crippen LogP contribution in [0.3, 0.4) is 0 Å². The molecule has 0 amide bonds.